The molecule has 98 valence electrons. The smallest absolute Gasteiger partial charge is 0.478 e. The molecule has 7 heteroatoms. The van der Waals surface area contributed by atoms with Gasteiger partial charge in [-0.25, -0.2) is 4.79 Å². The number of ether oxygens (including phenoxy) is 1. The molecule has 0 aliphatic heterocycles. The Labute approximate surface area is 105 Å². The van der Waals surface area contributed by atoms with Gasteiger partial charge in [0.25, 0.3) is 0 Å². The fraction of sp³-hybridized carbons (Fsp3) is 0.182. The van der Waals surface area contributed by atoms with Crippen LogP contribution in [0.4, 0.5) is 13.2 Å². The second kappa shape index (κ2) is 5.30. The molecule has 0 aromatic heterocycles. The van der Waals surface area contributed by atoms with Gasteiger partial charge in [-0.15, -0.1) is 13.2 Å². The molecule has 0 unspecified atom stereocenters. The van der Waals surface area contributed by atoms with Gasteiger partial charge in [-0.1, -0.05) is 17.7 Å². The lowest BCUT2D eigenvalue weighted by atomic mass is 10.1. The van der Waals surface area contributed by atoms with Gasteiger partial charge in [0, 0.05) is 5.57 Å². The SMILES string of the molecule is C/C(=C\c1ccc(Cl)c(OC(F)(F)F)c1)C(=O)O. The minimum atomic E-state index is -4.85. The van der Waals surface area contributed by atoms with Crippen LogP contribution in [0.1, 0.15) is 12.5 Å². The summed E-state index contributed by atoms with van der Waals surface area (Å²) in [5, 5.41) is 8.44. The molecule has 1 aromatic rings. The number of carboxylic acids is 1. The van der Waals surface area contributed by atoms with Crippen LogP contribution in [0, 0.1) is 0 Å². The summed E-state index contributed by atoms with van der Waals surface area (Å²) in [5.41, 5.74) is 0.230. The Morgan fingerprint density at radius 1 is 1.44 bits per heavy atom. The first-order valence-electron chi connectivity index (χ1n) is 4.66. The average molecular weight is 281 g/mol. The van der Waals surface area contributed by atoms with Crippen molar-refractivity contribution in [1.82, 2.24) is 0 Å². The molecule has 0 spiro atoms. The Hall–Kier alpha value is -1.69. The number of hydrogen-bond acceptors (Lipinski definition) is 2. The van der Waals surface area contributed by atoms with E-state index >= 15 is 0 Å². The molecule has 1 rings (SSSR count). The van der Waals surface area contributed by atoms with E-state index in [0.717, 1.165) is 6.07 Å². The number of aliphatic carboxylic acids is 1. The van der Waals surface area contributed by atoms with Crippen LogP contribution in [-0.2, 0) is 4.79 Å². The number of halogens is 4. The first kappa shape index (κ1) is 14.4. The Morgan fingerprint density at radius 2 is 2.06 bits per heavy atom. The van der Waals surface area contributed by atoms with Crippen molar-refractivity contribution in [2.75, 3.05) is 0 Å². The van der Waals surface area contributed by atoms with E-state index < -0.39 is 18.1 Å². The number of benzene rings is 1. The summed E-state index contributed by atoms with van der Waals surface area (Å²) in [6.45, 7) is 1.32. The fourth-order valence-electron chi connectivity index (χ4n) is 1.12. The number of alkyl halides is 3. The summed E-state index contributed by atoms with van der Waals surface area (Å²) in [7, 11) is 0. The lowest BCUT2D eigenvalue weighted by Gasteiger charge is -2.10. The number of hydrogen-bond donors (Lipinski definition) is 1. The first-order valence-corrected chi connectivity index (χ1v) is 5.04. The molecule has 0 bridgehead atoms. The van der Waals surface area contributed by atoms with Crippen LogP contribution in [-0.4, -0.2) is 17.4 Å². The molecule has 1 N–H and O–H groups in total. The highest BCUT2D eigenvalue weighted by Gasteiger charge is 2.32. The van der Waals surface area contributed by atoms with Crippen molar-refractivity contribution in [3.63, 3.8) is 0 Å². The minimum Gasteiger partial charge on any atom is -0.478 e. The summed E-state index contributed by atoms with van der Waals surface area (Å²) < 4.78 is 39.9. The quantitative estimate of drug-likeness (QED) is 0.858. The van der Waals surface area contributed by atoms with E-state index in [0.29, 0.717) is 0 Å². The van der Waals surface area contributed by atoms with Crippen molar-refractivity contribution in [3.05, 3.63) is 34.4 Å². The van der Waals surface area contributed by atoms with Crippen molar-refractivity contribution >= 4 is 23.6 Å². The van der Waals surface area contributed by atoms with Crippen molar-refractivity contribution < 1.29 is 27.8 Å². The highest BCUT2D eigenvalue weighted by molar-refractivity contribution is 6.32. The Kier molecular flexibility index (Phi) is 4.24. The van der Waals surface area contributed by atoms with Crippen molar-refractivity contribution in [2.45, 2.75) is 13.3 Å². The second-order valence-corrected chi connectivity index (χ2v) is 3.78. The number of carboxylic acid groups (broad SMARTS) is 1. The standard InChI is InChI=1S/C11H8ClF3O3/c1-6(10(16)17)4-7-2-3-8(12)9(5-7)18-11(13,14)15/h2-5H,1H3,(H,16,17)/b6-4+. The maximum Gasteiger partial charge on any atom is 0.573 e. The lowest BCUT2D eigenvalue weighted by Crippen LogP contribution is -2.17. The zero-order valence-corrected chi connectivity index (χ0v) is 9.84. The number of rotatable bonds is 3. The summed E-state index contributed by atoms with van der Waals surface area (Å²) in [5.74, 6) is -1.74. The monoisotopic (exact) mass is 280 g/mol. The van der Waals surface area contributed by atoms with E-state index in [1.54, 1.807) is 0 Å². The molecule has 0 amide bonds. The summed E-state index contributed by atoms with van der Waals surface area (Å²) in [4.78, 5) is 10.6. The molecule has 1 aromatic carbocycles. The van der Waals surface area contributed by atoms with Crippen LogP contribution in [0.5, 0.6) is 5.75 Å². The van der Waals surface area contributed by atoms with Crippen LogP contribution >= 0.6 is 11.6 Å². The Bertz CT molecular complexity index is 495. The molecule has 0 heterocycles. The molecular weight excluding hydrogens is 273 g/mol. The largest absolute Gasteiger partial charge is 0.573 e. The van der Waals surface area contributed by atoms with Gasteiger partial charge in [-0.05, 0) is 30.7 Å². The van der Waals surface area contributed by atoms with Crippen molar-refractivity contribution in [2.24, 2.45) is 0 Å². The molecular formula is C11H8ClF3O3. The van der Waals surface area contributed by atoms with Crippen molar-refractivity contribution in [3.8, 4) is 5.75 Å². The third-order valence-electron chi connectivity index (χ3n) is 1.90. The summed E-state index contributed by atoms with van der Waals surface area (Å²) in [6.07, 6.45) is -3.64. The fourth-order valence-corrected chi connectivity index (χ4v) is 1.28. The molecule has 0 radical (unpaired) electrons. The van der Waals surface area contributed by atoms with E-state index in [9.17, 15) is 18.0 Å². The third-order valence-corrected chi connectivity index (χ3v) is 2.21. The topological polar surface area (TPSA) is 46.5 Å². The van der Waals surface area contributed by atoms with Crippen LogP contribution < -0.4 is 4.74 Å². The summed E-state index contributed by atoms with van der Waals surface area (Å²) in [6, 6.07) is 3.60. The van der Waals surface area contributed by atoms with Gasteiger partial charge in [0.15, 0.2) is 0 Å². The predicted molar refractivity (Wildman–Crippen MR) is 59.4 cm³/mol. The molecule has 18 heavy (non-hydrogen) atoms. The highest BCUT2D eigenvalue weighted by Crippen LogP contribution is 2.31. The minimum absolute atomic E-state index is 0.0183. The molecule has 0 fully saturated rings. The highest BCUT2D eigenvalue weighted by atomic mass is 35.5. The van der Waals surface area contributed by atoms with Gasteiger partial charge >= 0.3 is 12.3 Å². The van der Waals surface area contributed by atoms with Gasteiger partial charge in [0.2, 0.25) is 0 Å². The maximum atomic E-state index is 12.1. The van der Waals surface area contributed by atoms with E-state index in [4.69, 9.17) is 16.7 Å². The molecule has 0 aliphatic carbocycles. The summed E-state index contributed by atoms with van der Waals surface area (Å²) >= 11 is 5.54. The van der Waals surface area contributed by atoms with Gasteiger partial charge < -0.3 is 9.84 Å². The van der Waals surface area contributed by atoms with Gasteiger partial charge in [0.1, 0.15) is 5.75 Å². The van der Waals surface area contributed by atoms with Gasteiger partial charge in [-0.2, -0.15) is 0 Å². The van der Waals surface area contributed by atoms with Crippen LogP contribution in [0.15, 0.2) is 23.8 Å². The van der Waals surface area contributed by atoms with Crippen molar-refractivity contribution in [1.29, 1.82) is 0 Å². The zero-order valence-electron chi connectivity index (χ0n) is 9.08. The maximum absolute atomic E-state index is 12.1. The third kappa shape index (κ3) is 4.29. The van der Waals surface area contributed by atoms with E-state index in [-0.39, 0.29) is 16.2 Å². The van der Waals surface area contributed by atoms with E-state index in [2.05, 4.69) is 4.74 Å². The average Bonchev–Trinajstić information content (AvgIpc) is 2.20. The van der Waals surface area contributed by atoms with Gasteiger partial charge in [-0.3, -0.25) is 0 Å². The Morgan fingerprint density at radius 3 is 2.56 bits per heavy atom. The second-order valence-electron chi connectivity index (χ2n) is 3.37. The number of carbonyl (C=O) groups is 1. The molecule has 0 saturated carbocycles. The van der Waals surface area contributed by atoms with E-state index in [1.165, 1.54) is 25.1 Å². The molecule has 0 aliphatic rings. The van der Waals surface area contributed by atoms with Crippen LogP contribution in [0.25, 0.3) is 6.08 Å². The van der Waals surface area contributed by atoms with E-state index in [1.807, 2.05) is 0 Å². The normalized spacial score (nSPS) is 12.4. The predicted octanol–water partition coefficient (Wildman–Crippen LogP) is 3.73. The van der Waals surface area contributed by atoms with Crippen LogP contribution in [0.2, 0.25) is 5.02 Å². The van der Waals surface area contributed by atoms with Gasteiger partial charge in [0.05, 0.1) is 5.02 Å². The Balaban J connectivity index is 3.08. The van der Waals surface area contributed by atoms with Crippen LogP contribution in [0.3, 0.4) is 0 Å². The molecule has 0 atom stereocenters. The molecule has 3 nitrogen and oxygen atoms in total. The lowest BCUT2D eigenvalue weighted by molar-refractivity contribution is -0.274. The first-order chi connectivity index (χ1) is 8.19. The zero-order chi connectivity index (χ0) is 13.9. The molecule has 0 saturated heterocycles.